The molecule has 0 bridgehead atoms. The molecule has 0 aromatic carbocycles. The Morgan fingerprint density at radius 3 is 2.50 bits per heavy atom. The van der Waals surface area contributed by atoms with E-state index in [0.717, 1.165) is 45.1 Å². The Morgan fingerprint density at radius 2 is 1.93 bits per heavy atom. The van der Waals surface area contributed by atoms with Gasteiger partial charge in [-0.15, -0.1) is 0 Å². The molecular formula is C10H23N3O. The fraction of sp³-hybridized carbons (Fsp3) is 1.00. The van der Waals surface area contributed by atoms with E-state index in [1.54, 1.807) is 0 Å². The van der Waals surface area contributed by atoms with Crippen molar-refractivity contribution in [3.8, 4) is 0 Å². The topological polar surface area (TPSA) is 84.3 Å². The molecule has 0 heterocycles. The number of aliphatic hydroxyl groups excluding tert-OH is 1. The molecule has 1 rings (SSSR count). The molecule has 0 radical (unpaired) electrons. The lowest BCUT2D eigenvalue weighted by molar-refractivity contribution is 0.217. The van der Waals surface area contributed by atoms with Crippen molar-refractivity contribution in [2.24, 2.45) is 11.5 Å². The standard InChI is InChI=1S/C10H23N3O/c11-9-3-5-10(12,6-4-9)13-7-1-2-8-14/h9,13-14H,1-8,11-12H2. The Morgan fingerprint density at radius 1 is 1.29 bits per heavy atom. The molecular weight excluding hydrogens is 178 g/mol. The van der Waals surface area contributed by atoms with Crippen LogP contribution in [0.25, 0.3) is 0 Å². The average molecular weight is 201 g/mol. The Bertz CT molecular complexity index is 155. The average Bonchev–Trinajstić information content (AvgIpc) is 2.18. The van der Waals surface area contributed by atoms with Gasteiger partial charge in [0.2, 0.25) is 0 Å². The summed E-state index contributed by atoms with van der Waals surface area (Å²) >= 11 is 0. The summed E-state index contributed by atoms with van der Waals surface area (Å²) in [6.07, 6.45) is 5.80. The van der Waals surface area contributed by atoms with Crippen LogP contribution in [-0.2, 0) is 0 Å². The van der Waals surface area contributed by atoms with Crippen molar-refractivity contribution in [1.82, 2.24) is 5.32 Å². The highest BCUT2D eigenvalue weighted by Gasteiger charge is 2.29. The molecule has 14 heavy (non-hydrogen) atoms. The second kappa shape index (κ2) is 5.66. The van der Waals surface area contributed by atoms with Crippen LogP contribution >= 0.6 is 0 Å². The van der Waals surface area contributed by atoms with E-state index in [0.29, 0.717) is 6.04 Å². The molecule has 1 aliphatic carbocycles. The van der Waals surface area contributed by atoms with Gasteiger partial charge in [-0.05, 0) is 45.1 Å². The van der Waals surface area contributed by atoms with Gasteiger partial charge >= 0.3 is 0 Å². The van der Waals surface area contributed by atoms with E-state index in [-0.39, 0.29) is 12.3 Å². The van der Waals surface area contributed by atoms with Crippen LogP contribution in [0.4, 0.5) is 0 Å². The SMILES string of the molecule is NC1CCC(N)(NCCCCO)CC1. The minimum atomic E-state index is -0.203. The van der Waals surface area contributed by atoms with Crippen molar-refractivity contribution in [3.05, 3.63) is 0 Å². The summed E-state index contributed by atoms with van der Waals surface area (Å²) in [4.78, 5) is 0. The summed E-state index contributed by atoms with van der Waals surface area (Å²) < 4.78 is 0. The monoisotopic (exact) mass is 201 g/mol. The maximum Gasteiger partial charge on any atom is 0.0663 e. The normalized spacial score (nSPS) is 33.2. The number of nitrogens with two attached hydrogens (primary N) is 2. The van der Waals surface area contributed by atoms with Gasteiger partial charge in [0.05, 0.1) is 5.66 Å². The van der Waals surface area contributed by atoms with Crippen molar-refractivity contribution in [3.63, 3.8) is 0 Å². The highest BCUT2D eigenvalue weighted by atomic mass is 16.2. The molecule has 1 aliphatic rings. The molecule has 4 heteroatoms. The lowest BCUT2D eigenvalue weighted by Gasteiger charge is -2.37. The molecule has 6 N–H and O–H groups in total. The van der Waals surface area contributed by atoms with Gasteiger partial charge in [0.25, 0.3) is 0 Å². The van der Waals surface area contributed by atoms with E-state index < -0.39 is 0 Å². The van der Waals surface area contributed by atoms with Gasteiger partial charge in [-0.2, -0.15) is 0 Å². The van der Waals surface area contributed by atoms with Gasteiger partial charge in [0, 0.05) is 12.6 Å². The molecule has 4 nitrogen and oxygen atoms in total. The van der Waals surface area contributed by atoms with E-state index >= 15 is 0 Å². The van der Waals surface area contributed by atoms with Crippen molar-refractivity contribution >= 4 is 0 Å². The van der Waals surface area contributed by atoms with Crippen LogP contribution in [-0.4, -0.2) is 30.0 Å². The van der Waals surface area contributed by atoms with Gasteiger partial charge in [0.1, 0.15) is 0 Å². The Balaban J connectivity index is 2.15. The summed E-state index contributed by atoms with van der Waals surface area (Å²) in [6, 6.07) is 0.339. The lowest BCUT2D eigenvalue weighted by atomic mass is 9.87. The van der Waals surface area contributed by atoms with Crippen LogP contribution in [0.5, 0.6) is 0 Å². The van der Waals surface area contributed by atoms with Crippen LogP contribution in [0.1, 0.15) is 38.5 Å². The Labute approximate surface area is 86.0 Å². The zero-order valence-corrected chi connectivity index (χ0v) is 8.84. The predicted molar refractivity (Wildman–Crippen MR) is 57.7 cm³/mol. The van der Waals surface area contributed by atoms with Crippen LogP contribution < -0.4 is 16.8 Å². The van der Waals surface area contributed by atoms with Gasteiger partial charge < -0.3 is 16.6 Å². The minimum Gasteiger partial charge on any atom is -0.396 e. The molecule has 0 saturated heterocycles. The van der Waals surface area contributed by atoms with Gasteiger partial charge in [0.15, 0.2) is 0 Å². The third-order valence-electron chi connectivity index (χ3n) is 2.98. The summed E-state index contributed by atoms with van der Waals surface area (Å²) in [5.74, 6) is 0. The second-order valence-electron chi connectivity index (χ2n) is 4.35. The first-order valence-electron chi connectivity index (χ1n) is 5.57. The van der Waals surface area contributed by atoms with Crippen molar-refractivity contribution in [2.45, 2.75) is 50.2 Å². The third-order valence-corrected chi connectivity index (χ3v) is 2.98. The predicted octanol–water partition coefficient (Wildman–Crippen LogP) is -0.0952. The van der Waals surface area contributed by atoms with E-state index in [1.165, 1.54) is 0 Å². The second-order valence-corrected chi connectivity index (χ2v) is 4.35. The smallest absolute Gasteiger partial charge is 0.0663 e. The van der Waals surface area contributed by atoms with Crippen LogP contribution in [0.3, 0.4) is 0 Å². The van der Waals surface area contributed by atoms with Gasteiger partial charge in [-0.25, -0.2) is 0 Å². The fourth-order valence-corrected chi connectivity index (χ4v) is 1.91. The first-order valence-corrected chi connectivity index (χ1v) is 5.57. The fourth-order valence-electron chi connectivity index (χ4n) is 1.91. The zero-order chi connectivity index (χ0) is 10.4. The third kappa shape index (κ3) is 3.92. The van der Waals surface area contributed by atoms with Gasteiger partial charge in [-0.3, -0.25) is 5.32 Å². The molecule has 0 spiro atoms. The summed E-state index contributed by atoms with van der Waals surface area (Å²) in [5.41, 5.74) is 11.8. The van der Waals surface area contributed by atoms with E-state index in [9.17, 15) is 0 Å². The molecule has 1 fully saturated rings. The zero-order valence-electron chi connectivity index (χ0n) is 8.84. The molecule has 0 aromatic rings. The highest BCUT2D eigenvalue weighted by Crippen LogP contribution is 2.22. The number of rotatable bonds is 5. The number of unbranched alkanes of at least 4 members (excludes halogenated alkanes) is 1. The molecule has 0 atom stereocenters. The van der Waals surface area contributed by atoms with Crippen LogP contribution in [0, 0.1) is 0 Å². The molecule has 1 saturated carbocycles. The summed E-state index contributed by atoms with van der Waals surface area (Å²) in [5, 5.41) is 12.0. The van der Waals surface area contributed by atoms with E-state index in [1.807, 2.05) is 0 Å². The molecule has 84 valence electrons. The Kier molecular flexibility index (Phi) is 4.81. The highest BCUT2D eigenvalue weighted by molar-refractivity contribution is 4.88. The van der Waals surface area contributed by atoms with Crippen molar-refractivity contribution in [2.75, 3.05) is 13.2 Å². The van der Waals surface area contributed by atoms with E-state index in [2.05, 4.69) is 5.32 Å². The largest absolute Gasteiger partial charge is 0.396 e. The quantitative estimate of drug-likeness (QED) is 0.370. The molecule has 0 unspecified atom stereocenters. The number of aliphatic hydroxyl groups is 1. The minimum absolute atomic E-state index is 0.203. The number of hydrogen-bond donors (Lipinski definition) is 4. The maximum atomic E-state index is 8.63. The maximum absolute atomic E-state index is 8.63. The van der Waals surface area contributed by atoms with Crippen LogP contribution in [0.15, 0.2) is 0 Å². The van der Waals surface area contributed by atoms with Crippen molar-refractivity contribution < 1.29 is 5.11 Å². The summed E-state index contributed by atoms with van der Waals surface area (Å²) in [7, 11) is 0. The molecule has 0 amide bonds. The lowest BCUT2D eigenvalue weighted by Crippen LogP contribution is -2.57. The van der Waals surface area contributed by atoms with Gasteiger partial charge in [-0.1, -0.05) is 0 Å². The van der Waals surface area contributed by atoms with Crippen LogP contribution in [0.2, 0.25) is 0 Å². The first kappa shape index (κ1) is 11.9. The first-order chi connectivity index (χ1) is 6.66. The number of nitrogens with one attached hydrogen (secondary N) is 1. The van der Waals surface area contributed by atoms with Crippen molar-refractivity contribution in [1.29, 1.82) is 0 Å². The molecule has 0 aliphatic heterocycles. The van der Waals surface area contributed by atoms with E-state index in [4.69, 9.17) is 16.6 Å². The summed E-state index contributed by atoms with van der Waals surface area (Å²) in [6.45, 7) is 1.16. The number of hydrogen-bond acceptors (Lipinski definition) is 4. The Hall–Kier alpha value is -0.160. The molecule has 0 aromatic heterocycles.